The second-order valence-corrected chi connectivity index (χ2v) is 4.56. The van der Waals surface area contributed by atoms with Crippen LogP contribution in [-0.2, 0) is 16.0 Å². The van der Waals surface area contributed by atoms with Crippen LogP contribution in [0.1, 0.15) is 18.4 Å². The Morgan fingerprint density at radius 3 is 2.63 bits per heavy atom. The zero-order valence-electron chi connectivity index (χ0n) is 11.3. The summed E-state index contributed by atoms with van der Waals surface area (Å²) in [6.07, 6.45) is 0.985. The van der Waals surface area contributed by atoms with Crippen molar-refractivity contribution in [3.05, 3.63) is 29.8 Å². The molecule has 1 amide bonds. The predicted molar refractivity (Wildman–Crippen MR) is 74.4 cm³/mol. The van der Waals surface area contributed by atoms with Crippen molar-refractivity contribution in [1.29, 1.82) is 0 Å². The third-order valence-corrected chi connectivity index (χ3v) is 2.73. The van der Waals surface area contributed by atoms with Crippen LogP contribution in [0.15, 0.2) is 24.3 Å². The lowest BCUT2D eigenvalue weighted by atomic mass is 10.1. The van der Waals surface area contributed by atoms with E-state index in [0.29, 0.717) is 12.8 Å². The Hall–Kier alpha value is -2.04. The molecule has 5 nitrogen and oxygen atoms in total. The summed E-state index contributed by atoms with van der Waals surface area (Å²) in [5.41, 5.74) is 2.20. The molecule has 0 saturated carbocycles. The standard InChI is InChI=1S/C14H20N2O3/c1-16(2)12-5-3-4-11(10-12)6-7-13(17)15-9-8-14(18)19/h3-5,10H,6-9H2,1-2H3,(H,15,17)(H,18,19). The van der Waals surface area contributed by atoms with Crippen LogP contribution in [0, 0.1) is 0 Å². The highest BCUT2D eigenvalue weighted by atomic mass is 16.4. The molecule has 0 aliphatic carbocycles. The second-order valence-electron chi connectivity index (χ2n) is 4.56. The van der Waals surface area contributed by atoms with Gasteiger partial charge in [-0.25, -0.2) is 0 Å². The Morgan fingerprint density at radius 2 is 2.00 bits per heavy atom. The van der Waals surface area contributed by atoms with Crippen LogP contribution in [0.4, 0.5) is 5.69 Å². The number of carboxylic acids is 1. The smallest absolute Gasteiger partial charge is 0.305 e. The Morgan fingerprint density at radius 1 is 1.26 bits per heavy atom. The topological polar surface area (TPSA) is 69.6 Å². The van der Waals surface area contributed by atoms with E-state index in [9.17, 15) is 9.59 Å². The van der Waals surface area contributed by atoms with Crippen molar-refractivity contribution in [2.45, 2.75) is 19.3 Å². The SMILES string of the molecule is CN(C)c1cccc(CCC(=O)NCCC(=O)O)c1. The summed E-state index contributed by atoms with van der Waals surface area (Å²) in [6, 6.07) is 8.01. The van der Waals surface area contributed by atoms with Gasteiger partial charge in [-0.3, -0.25) is 9.59 Å². The maximum absolute atomic E-state index is 11.5. The zero-order chi connectivity index (χ0) is 14.3. The van der Waals surface area contributed by atoms with Gasteiger partial charge in [-0.1, -0.05) is 12.1 Å². The van der Waals surface area contributed by atoms with E-state index in [1.165, 1.54) is 0 Å². The number of aryl methyl sites for hydroxylation is 1. The number of benzene rings is 1. The minimum absolute atomic E-state index is 0.0398. The van der Waals surface area contributed by atoms with Crippen molar-refractivity contribution in [2.75, 3.05) is 25.5 Å². The number of hydrogen-bond donors (Lipinski definition) is 2. The Labute approximate surface area is 113 Å². The summed E-state index contributed by atoms with van der Waals surface area (Å²) in [4.78, 5) is 23.8. The average molecular weight is 264 g/mol. The molecule has 2 N–H and O–H groups in total. The molecule has 0 aromatic heterocycles. The van der Waals surface area contributed by atoms with E-state index in [4.69, 9.17) is 5.11 Å². The van der Waals surface area contributed by atoms with Gasteiger partial charge in [-0.05, 0) is 24.1 Å². The lowest BCUT2D eigenvalue weighted by Gasteiger charge is -2.13. The number of rotatable bonds is 7. The van der Waals surface area contributed by atoms with Crippen molar-refractivity contribution in [3.63, 3.8) is 0 Å². The van der Waals surface area contributed by atoms with E-state index in [1.807, 2.05) is 43.3 Å². The van der Waals surface area contributed by atoms with Crippen LogP contribution in [0.5, 0.6) is 0 Å². The minimum Gasteiger partial charge on any atom is -0.481 e. The number of carboxylic acid groups (broad SMARTS) is 1. The summed E-state index contributed by atoms with van der Waals surface area (Å²) in [6.45, 7) is 0.186. The molecular formula is C14H20N2O3. The fraction of sp³-hybridized carbons (Fsp3) is 0.429. The Kier molecular flexibility index (Phi) is 5.85. The summed E-state index contributed by atoms with van der Waals surface area (Å²) >= 11 is 0. The first-order valence-electron chi connectivity index (χ1n) is 6.24. The molecule has 1 rings (SSSR count). The van der Waals surface area contributed by atoms with E-state index < -0.39 is 5.97 Å². The highest BCUT2D eigenvalue weighted by Crippen LogP contribution is 2.14. The molecule has 0 saturated heterocycles. The lowest BCUT2D eigenvalue weighted by Crippen LogP contribution is -2.26. The lowest BCUT2D eigenvalue weighted by molar-refractivity contribution is -0.136. The van der Waals surface area contributed by atoms with Crippen LogP contribution in [-0.4, -0.2) is 37.6 Å². The van der Waals surface area contributed by atoms with Crippen LogP contribution in [0.3, 0.4) is 0 Å². The number of carbonyl (C=O) groups excluding carboxylic acids is 1. The molecular weight excluding hydrogens is 244 g/mol. The summed E-state index contributed by atoms with van der Waals surface area (Å²) in [5.74, 6) is -1.02. The summed E-state index contributed by atoms with van der Waals surface area (Å²) in [5, 5.41) is 11.1. The van der Waals surface area contributed by atoms with Gasteiger partial charge in [0.05, 0.1) is 6.42 Å². The first-order valence-corrected chi connectivity index (χ1v) is 6.24. The largest absolute Gasteiger partial charge is 0.481 e. The summed E-state index contributed by atoms with van der Waals surface area (Å²) < 4.78 is 0. The van der Waals surface area contributed by atoms with Crippen LogP contribution >= 0.6 is 0 Å². The van der Waals surface area contributed by atoms with Gasteiger partial charge in [0, 0.05) is 32.7 Å². The van der Waals surface area contributed by atoms with Crippen LogP contribution < -0.4 is 10.2 Å². The number of nitrogens with one attached hydrogen (secondary N) is 1. The Bertz CT molecular complexity index is 444. The molecule has 0 unspecified atom stereocenters. The first-order chi connectivity index (χ1) is 8.99. The summed E-state index contributed by atoms with van der Waals surface area (Å²) in [7, 11) is 3.94. The predicted octanol–water partition coefficient (Wildman–Crippen LogP) is 1.28. The molecule has 104 valence electrons. The molecule has 1 aromatic carbocycles. The van der Waals surface area contributed by atoms with Crippen LogP contribution in [0.25, 0.3) is 0 Å². The number of aliphatic carboxylic acids is 1. The number of hydrogen-bond acceptors (Lipinski definition) is 3. The number of amides is 1. The van der Waals surface area contributed by atoms with Gasteiger partial charge in [0.2, 0.25) is 5.91 Å². The second kappa shape index (κ2) is 7.41. The molecule has 0 heterocycles. The number of nitrogens with zero attached hydrogens (tertiary/aromatic N) is 1. The van der Waals surface area contributed by atoms with E-state index in [0.717, 1.165) is 11.3 Å². The number of carbonyl (C=O) groups is 2. The normalized spacial score (nSPS) is 10.0. The fourth-order valence-corrected chi connectivity index (χ4v) is 1.65. The molecule has 0 atom stereocenters. The third-order valence-electron chi connectivity index (χ3n) is 2.73. The van der Waals surface area contributed by atoms with Gasteiger partial charge < -0.3 is 15.3 Å². The molecule has 0 fully saturated rings. The zero-order valence-corrected chi connectivity index (χ0v) is 11.3. The van der Waals surface area contributed by atoms with Crippen molar-refractivity contribution in [2.24, 2.45) is 0 Å². The van der Waals surface area contributed by atoms with E-state index in [1.54, 1.807) is 0 Å². The van der Waals surface area contributed by atoms with Crippen molar-refractivity contribution >= 4 is 17.6 Å². The third kappa shape index (κ3) is 5.90. The van der Waals surface area contributed by atoms with Gasteiger partial charge in [0.15, 0.2) is 0 Å². The fourth-order valence-electron chi connectivity index (χ4n) is 1.65. The van der Waals surface area contributed by atoms with Crippen molar-refractivity contribution in [3.8, 4) is 0 Å². The van der Waals surface area contributed by atoms with Gasteiger partial charge in [0.25, 0.3) is 0 Å². The average Bonchev–Trinajstić information content (AvgIpc) is 2.36. The molecule has 0 radical (unpaired) electrons. The van der Waals surface area contributed by atoms with Gasteiger partial charge in [0.1, 0.15) is 0 Å². The minimum atomic E-state index is -0.904. The molecule has 5 heteroatoms. The van der Waals surface area contributed by atoms with E-state index in [2.05, 4.69) is 5.32 Å². The number of anilines is 1. The molecule has 0 spiro atoms. The van der Waals surface area contributed by atoms with Gasteiger partial charge in [-0.2, -0.15) is 0 Å². The molecule has 0 bridgehead atoms. The first kappa shape index (κ1) is 15.0. The maximum Gasteiger partial charge on any atom is 0.305 e. The molecule has 19 heavy (non-hydrogen) atoms. The van der Waals surface area contributed by atoms with Gasteiger partial charge >= 0.3 is 5.97 Å². The van der Waals surface area contributed by atoms with Crippen molar-refractivity contribution < 1.29 is 14.7 Å². The molecule has 0 aliphatic heterocycles. The Balaban J connectivity index is 2.37. The van der Waals surface area contributed by atoms with E-state index in [-0.39, 0.29) is 18.9 Å². The van der Waals surface area contributed by atoms with Crippen molar-refractivity contribution in [1.82, 2.24) is 5.32 Å². The van der Waals surface area contributed by atoms with Gasteiger partial charge in [-0.15, -0.1) is 0 Å². The monoisotopic (exact) mass is 264 g/mol. The molecule has 1 aromatic rings. The van der Waals surface area contributed by atoms with E-state index >= 15 is 0 Å². The quantitative estimate of drug-likeness (QED) is 0.778. The van der Waals surface area contributed by atoms with Crippen LogP contribution in [0.2, 0.25) is 0 Å². The maximum atomic E-state index is 11.5. The molecule has 0 aliphatic rings. The highest BCUT2D eigenvalue weighted by Gasteiger charge is 2.04. The highest BCUT2D eigenvalue weighted by molar-refractivity contribution is 5.77.